The average molecular weight is 453 g/mol. The van der Waals surface area contributed by atoms with Gasteiger partial charge in [-0.15, -0.1) is 0 Å². The second-order valence-corrected chi connectivity index (χ2v) is 7.88. The second-order valence-electron chi connectivity index (χ2n) is 7.88. The summed E-state index contributed by atoms with van der Waals surface area (Å²) >= 11 is 0. The van der Waals surface area contributed by atoms with Crippen molar-refractivity contribution in [3.63, 3.8) is 0 Å². The number of benzene rings is 2. The molecule has 0 spiro atoms. The molecule has 2 aromatic carbocycles. The van der Waals surface area contributed by atoms with Gasteiger partial charge in [0, 0.05) is 43.2 Å². The molecule has 34 heavy (non-hydrogen) atoms. The predicted molar refractivity (Wildman–Crippen MR) is 135 cm³/mol. The van der Waals surface area contributed by atoms with Crippen molar-refractivity contribution in [1.29, 1.82) is 0 Å². The maximum atomic E-state index is 12.1. The summed E-state index contributed by atoms with van der Waals surface area (Å²) in [6, 6.07) is 24.2. The van der Waals surface area contributed by atoms with Crippen LogP contribution < -0.4 is 15.4 Å². The third-order valence-electron chi connectivity index (χ3n) is 5.65. The summed E-state index contributed by atoms with van der Waals surface area (Å²) in [6.07, 6.45) is 3.20. The molecule has 0 fully saturated rings. The van der Waals surface area contributed by atoms with E-state index in [2.05, 4.69) is 65.0 Å². The summed E-state index contributed by atoms with van der Waals surface area (Å²) < 4.78 is 5.59. The third-order valence-corrected chi connectivity index (χ3v) is 5.65. The molecule has 0 radical (unpaired) electrons. The molecule has 0 unspecified atom stereocenters. The van der Waals surface area contributed by atoms with E-state index in [0.717, 1.165) is 16.8 Å². The lowest BCUT2D eigenvalue weighted by molar-refractivity contribution is 0.0953. The third kappa shape index (κ3) is 5.47. The maximum Gasteiger partial charge on any atom is 0.252 e. The number of methoxy groups -OCH3 is 1. The fraction of sp³-hybridized carbons (Fsp3) is 0.179. The smallest absolute Gasteiger partial charge is 0.252 e. The largest absolute Gasteiger partial charge is 0.481 e. The fourth-order valence-electron chi connectivity index (χ4n) is 3.86. The molecular weight excluding hydrogens is 424 g/mol. The molecule has 0 bridgehead atoms. The van der Waals surface area contributed by atoms with Crippen LogP contribution >= 0.6 is 0 Å². The highest BCUT2D eigenvalue weighted by Crippen LogP contribution is 2.32. The first-order valence-electron chi connectivity index (χ1n) is 11.3. The molecule has 6 nitrogen and oxygen atoms in total. The number of nitrogens with one attached hydrogen (secondary N) is 2. The predicted octanol–water partition coefficient (Wildman–Crippen LogP) is 4.65. The van der Waals surface area contributed by atoms with Crippen LogP contribution in [0.2, 0.25) is 0 Å². The summed E-state index contributed by atoms with van der Waals surface area (Å²) in [4.78, 5) is 20.8. The van der Waals surface area contributed by atoms with E-state index in [4.69, 9.17) is 9.72 Å². The topological polar surface area (TPSA) is 76.1 Å². The van der Waals surface area contributed by atoms with Gasteiger partial charge in [0.15, 0.2) is 0 Å². The van der Waals surface area contributed by atoms with E-state index in [1.165, 1.54) is 16.7 Å². The quantitative estimate of drug-likeness (QED) is 0.362. The average Bonchev–Trinajstić information content (AvgIpc) is 2.89. The van der Waals surface area contributed by atoms with Gasteiger partial charge in [0.1, 0.15) is 0 Å². The number of amides is 1. The Balaban J connectivity index is 1.40. The van der Waals surface area contributed by atoms with E-state index in [0.29, 0.717) is 31.1 Å². The van der Waals surface area contributed by atoms with Crippen LogP contribution in [-0.2, 0) is 6.54 Å². The van der Waals surface area contributed by atoms with Gasteiger partial charge in [-0.1, -0.05) is 54.6 Å². The Labute approximate surface area is 200 Å². The number of nitrogens with zero attached hydrogens (tertiary/aromatic N) is 2. The highest BCUT2D eigenvalue weighted by molar-refractivity contribution is 5.93. The Morgan fingerprint density at radius 2 is 1.74 bits per heavy atom. The molecule has 0 saturated heterocycles. The van der Waals surface area contributed by atoms with Gasteiger partial charge in [-0.25, -0.2) is 4.98 Å². The van der Waals surface area contributed by atoms with E-state index >= 15 is 0 Å². The number of pyridine rings is 2. The fourth-order valence-corrected chi connectivity index (χ4v) is 3.86. The number of rotatable bonds is 9. The van der Waals surface area contributed by atoms with E-state index < -0.39 is 0 Å². The zero-order valence-electron chi connectivity index (χ0n) is 19.4. The summed E-state index contributed by atoms with van der Waals surface area (Å²) in [5.41, 5.74) is 7.02. The van der Waals surface area contributed by atoms with Crippen molar-refractivity contribution in [2.75, 3.05) is 20.2 Å². The van der Waals surface area contributed by atoms with Crippen LogP contribution in [-0.4, -0.2) is 36.1 Å². The van der Waals surface area contributed by atoms with E-state index in [9.17, 15) is 4.79 Å². The van der Waals surface area contributed by atoms with Gasteiger partial charge in [-0.05, 0) is 41.8 Å². The van der Waals surface area contributed by atoms with Crippen LogP contribution in [0.4, 0.5) is 0 Å². The zero-order chi connectivity index (χ0) is 23.8. The zero-order valence-corrected chi connectivity index (χ0v) is 19.4. The minimum atomic E-state index is -0.133. The lowest BCUT2D eigenvalue weighted by Crippen LogP contribution is -2.31. The van der Waals surface area contributed by atoms with E-state index in [-0.39, 0.29) is 5.91 Å². The van der Waals surface area contributed by atoms with E-state index in [1.807, 2.05) is 18.2 Å². The van der Waals surface area contributed by atoms with Gasteiger partial charge in [-0.2, -0.15) is 0 Å². The molecule has 0 saturated carbocycles. The number of carbonyl (C=O) groups excluding carboxylic acids is 1. The van der Waals surface area contributed by atoms with Crippen molar-refractivity contribution in [3.8, 4) is 28.3 Å². The van der Waals surface area contributed by atoms with E-state index in [1.54, 1.807) is 31.6 Å². The van der Waals surface area contributed by atoms with Crippen LogP contribution in [0.25, 0.3) is 22.4 Å². The molecule has 0 atom stereocenters. The van der Waals surface area contributed by atoms with Gasteiger partial charge in [0.05, 0.1) is 18.4 Å². The molecule has 2 N–H and O–H groups in total. The molecule has 0 aliphatic rings. The Hall–Kier alpha value is -4.03. The number of hydrogen-bond donors (Lipinski definition) is 2. The Morgan fingerprint density at radius 1 is 0.912 bits per heavy atom. The summed E-state index contributed by atoms with van der Waals surface area (Å²) in [5, 5.41) is 6.22. The Bertz CT molecular complexity index is 1240. The van der Waals surface area contributed by atoms with Crippen molar-refractivity contribution in [3.05, 3.63) is 102 Å². The molecule has 6 heteroatoms. The Kier molecular flexibility index (Phi) is 7.63. The molecule has 172 valence electrons. The van der Waals surface area contributed by atoms with Crippen LogP contribution in [0.1, 0.15) is 21.5 Å². The van der Waals surface area contributed by atoms with Crippen LogP contribution in [0.3, 0.4) is 0 Å². The van der Waals surface area contributed by atoms with Crippen molar-refractivity contribution in [2.45, 2.75) is 13.5 Å². The molecule has 0 aliphatic heterocycles. The molecule has 4 rings (SSSR count). The lowest BCUT2D eigenvalue weighted by atomic mass is 9.94. The van der Waals surface area contributed by atoms with Gasteiger partial charge in [-0.3, -0.25) is 9.78 Å². The minimum Gasteiger partial charge on any atom is -0.481 e. The first kappa shape index (κ1) is 23.1. The molecular formula is C28H28N4O2. The summed E-state index contributed by atoms with van der Waals surface area (Å²) in [6.45, 7) is 3.84. The van der Waals surface area contributed by atoms with Crippen LogP contribution in [0.15, 0.2) is 85.2 Å². The van der Waals surface area contributed by atoms with Crippen molar-refractivity contribution in [1.82, 2.24) is 20.6 Å². The molecule has 2 aromatic heterocycles. The maximum absolute atomic E-state index is 12.1. The minimum absolute atomic E-state index is 0.133. The number of aromatic nitrogens is 2. The first-order chi connectivity index (χ1) is 16.7. The molecule has 0 aliphatic carbocycles. The number of hydrogen-bond acceptors (Lipinski definition) is 5. The molecule has 2 heterocycles. The number of carbonyl (C=O) groups is 1. The van der Waals surface area contributed by atoms with Gasteiger partial charge in [0.2, 0.25) is 5.88 Å². The highest BCUT2D eigenvalue weighted by Gasteiger charge is 2.12. The van der Waals surface area contributed by atoms with Crippen molar-refractivity contribution in [2.24, 2.45) is 0 Å². The molecule has 1 amide bonds. The van der Waals surface area contributed by atoms with Gasteiger partial charge in [0.25, 0.3) is 5.91 Å². The highest BCUT2D eigenvalue weighted by atomic mass is 16.5. The monoisotopic (exact) mass is 452 g/mol. The van der Waals surface area contributed by atoms with Gasteiger partial charge >= 0.3 is 0 Å². The number of ether oxygens (including phenoxy) is 1. The normalized spacial score (nSPS) is 10.6. The van der Waals surface area contributed by atoms with Crippen molar-refractivity contribution >= 4 is 5.91 Å². The lowest BCUT2D eigenvalue weighted by Gasteiger charge is -2.14. The first-order valence-corrected chi connectivity index (χ1v) is 11.3. The van der Waals surface area contributed by atoms with Crippen LogP contribution in [0, 0.1) is 6.92 Å². The second kappa shape index (κ2) is 11.2. The summed E-state index contributed by atoms with van der Waals surface area (Å²) in [5.74, 6) is 0.459. The van der Waals surface area contributed by atoms with Crippen LogP contribution in [0.5, 0.6) is 5.88 Å². The van der Waals surface area contributed by atoms with Gasteiger partial charge < -0.3 is 15.4 Å². The standard InChI is InChI=1S/C28H28N4O2/c1-20-24(21-8-4-3-5-9-21)11-6-12-25(20)26-14-13-23(28(32-26)34-2)19-30-16-17-31-27(33)22-10-7-15-29-18-22/h3-15,18,30H,16-17,19H2,1-2H3,(H,31,33). The SMILES string of the molecule is COc1nc(-c2cccc(-c3ccccc3)c2C)ccc1CNCCNC(=O)c1cccnc1. The molecule has 4 aromatic rings. The Morgan fingerprint density at radius 3 is 2.50 bits per heavy atom. The summed E-state index contributed by atoms with van der Waals surface area (Å²) in [7, 11) is 1.64. The van der Waals surface area contributed by atoms with Crippen molar-refractivity contribution < 1.29 is 9.53 Å².